The number of piperidine rings is 1. The van der Waals surface area contributed by atoms with E-state index in [1.54, 1.807) is 12.4 Å². The minimum absolute atomic E-state index is 0.149. The molecule has 3 aromatic rings. The number of carbonyl (C=O) groups is 1. The van der Waals surface area contributed by atoms with Gasteiger partial charge in [-0.25, -0.2) is 18.9 Å². The average molecular weight is 394 g/mol. The maximum absolute atomic E-state index is 12.8. The van der Waals surface area contributed by atoms with Crippen molar-refractivity contribution in [2.75, 3.05) is 23.3 Å². The first-order valence-corrected chi connectivity index (χ1v) is 9.98. The molecule has 29 heavy (non-hydrogen) atoms. The van der Waals surface area contributed by atoms with E-state index in [1.165, 1.54) is 15.5 Å². The standard InChI is InChI=1S/C21H26N6O2/c1-14-6-7-17(16(3)11-14)23-18(28)13-27-21(29)26-10-8-22-19(20(26)24-27)25-9-4-5-15(2)12-25/h6-8,10-11,15H,4-5,9,12-13H2,1-3H3,(H,23,28)/t15-/m0/s1. The Bertz CT molecular complexity index is 1120. The van der Waals surface area contributed by atoms with Crippen molar-refractivity contribution in [3.63, 3.8) is 0 Å². The smallest absolute Gasteiger partial charge is 0.350 e. The molecular weight excluding hydrogens is 368 g/mol. The third-order valence-corrected chi connectivity index (χ3v) is 5.39. The number of hydrogen-bond acceptors (Lipinski definition) is 5. The van der Waals surface area contributed by atoms with Crippen LogP contribution in [0.2, 0.25) is 0 Å². The fraction of sp³-hybridized carbons (Fsp3) is 0.429. The first-order valence-electron chi connectivity index (χ1n) is 9.98. The third-order valence-electron chi connectivity index (χ3n) is 5.39. The van der Waals surface area contributed by atoms with E-state index in [0.29, 0.717) is 17.4 Å². The zero-order chi connectivity index (χ0) is 20.5. The van der Waals surface area contributed by atoms with Crippen LogP contribution in [0.15, 0.2) is 35.4 Å². The largest absolute Gasteiger partial charge is 0.353 e. The summed E-state index contributed by atoms with van der Waals surface area (Å²) in [4.78, 5) is 31.9. The van der Waals surface area contributed by atoms with Crippen LogP contribution in [0.5, 0.6) is 0 Å². The van der Waals surface area contributed by atoms with Crippen LogP contribution >= 0.6 is 0 Å². The van der Waals surface area contributed by atoms with Gasteiger partial charge >= 0.3 is 5.69 Å². The summed E-state index contributed by atoms with van der Waals surface area (Å²) in [5, 5.41) is 7.30. The van der Waals surface area contributed by atoms with Gasteiger partial charge in [0.2, 0.25) is 11.6 Å². The fourth-order valence-corrected chi connectivity index (χ4v) is 3.92. The van der Waals surface area contributed by atoms with E-state index >= 15 is 0 Å². The van der Waals surface area contributed by atoms with Gasteiger partial charge in [-0.1, -0.05) is 24.6 Å². The molecule has 0 unspecified atom stereocenters. The van der Waals surface area contributed by atoms with Crippen LogP contribution in [-0.4, -0.2) is 38.2 Å². The molecule has 1 atom stereocenters. The highest BCUT2D eigenvalue weighted by molar-refractivity contribution is 5.91. The minimum atomic E-state index is -0.343. The lowest BCUT2D eigenvalue weighted by Gasteiger charge is -2.31. The van der Waals surface area contributed by atoms with E-state index in [-0.39, 0.29) is 18.1 Å². The highest BCUT2D eigenvalue weighted by Gasteiger charge is 2.22. The molecule has 1 aliphatic rings. The Balaban J connectivity index is 1.59. The second-order valence-corrected chi connectivity index (χ2v) is 7.94. The topological polar surface area (TPSA) is 84.5 Å². The molecule has 8 nitrogen and oxygen atoms in total. The van der Waals surface area contributed by atoms with Gasteiger partial charge in [0.05, 0.1) is 0 Å². The normalized spacial score (nSPS) is 16.9. The molecule has 1 aliphatic heterocycles. The van der Waals surface area contributed by atoms with Crippen LogP contribution in [0, 0.1) is 19.8 Å². The van der Waals surface area contributed by atoms with E-state index in [4.69, 9.17) is 0 Å². The Hall–Kier alpha value is -3.16. The quantitative estimate of drug-likeness (QED) is 0.734. The molecule has 152 valence electrons. The zero-order valence-corrected chi connectivity index (χ0v) is 17.1. The Morgan fingerprint density at radius 1 is 1.31 bits per heavy atom. The molecule has 1 aromatic carbocycles. The summed E-state index contributed by atoms with van der Waals surface area (Å²) in [6, 6.07) is 5.82. The number of aromatic nitrogens is 4. The number of nitrogens with zero attached hydrogens (tertiary/aromatic N) is 5. The van der Waals surface area contributed by atoms with Crippen molar-refractivity contribution in [3.05, 3.63) is 52.2 Å². The van der Waals surface area contributed by atoms with Gasteiger partial charge in [-0.15, -0.1) is 5.10 Å². The number of aryl methyl sites for hydroxylation is 2. The molecule has 2 aromatic heterocycles. The van der Waals surface area contributed by atoms with Crippen LogP contribution in [-0.2, 0) is 11.3 Å². The predicted octanol–water partition coefficient (Wildman–Crippen LogP) is 2.38. The molecule has 1 fully saturated rings. The summed E-state index contributed by atoms with van der Waals surface area (Å²) < 4.78 is 2.67. The number of hydrogen-bond donors (Lipinski definition) is 1. The highest BCUT2D eigenvalue weighted by atomic mass is 16.2. The summed E-state index contributed by atoms with van der Waals surface area (Å²) >= 11 is 0. The van der Waals surface area contributed by atoms with Gasteiger partial charge in [0.25, 0.3) is 0 Å². The lowest BCUT2D eigenvalue weighted by molar-refractivity contribution is -0.117. The van der Waals surface area contributed by atoms with E-state index in [1.807, 2.05) is 32.0 Å². The van der Waals surface area contributed by atoms with Crippen LogP contribution in [0.25, 0.3) is 5.65 Å². The lowest BCUT2D eigenvalue weighted by atomic mass is 10.0. The molecule has 0 aliphatic carbocycles. The molecule has 1 N–H and O–H groups in total. The SMILES string of the molecule is Cc1ccc(NC(=O)Cn2nc3c(N4CCC[C@H](C)C4)nccn3c2=O)c(C)c1. The van der Waals surface area contributed by atoms with Crippen LogP contribution in [0.4, 0.5) is 11.5 Å². The zero-order valence-electron chi connectivity index (χ0n) is 17.1. The summed E-state index contributed by atoms with van der Waals surface area (Å²) in [7, 11) is 0. The maximum atomic E-state index is 12.8. The number of benzene rings is 1. The molecule has 1 saturated heterocycles. The van der Waals surface area contributed by atoms with Crippen molar-refractivity contribution in [2.24, 2.45) is 5.92 Å². The monoisotopic (exact) mass is 394 g/mol. The van der Waals surface area contributed by atoms with Gasteiger partial charge in [0.15, 0.2) is 5.82 Å². The number of fused-ring (bicyclic) bond motifs is 1. The Morgan fingerprint density at radius 2 is 2.14 bits per heavy atom. The molecular formula is C21H26N6O2. The van der Waals surface area contributed by atoms with Gasteiger partial charge in [-0.3, -0.25) is 4.79 Å². The second kappa shape index (κ2) is 7.69. The van der Waals surface area contributed by atoms with E-state index in [0.717, 1.165) is 36.3 Å². The van der Waals surface area contributed by atoms with Crippen molar-refractivity contribution >= 4 is 23.1 Å². The molecule has 1 amide bonds. The predicted molar refractivity (Wildman–Crippen MR) is 112 cm³/mol. The molecule has 0 bridgehead atoms. The Labute approximate surface area is 169 Å². The number of rotatable bonds is 4. The first-order chi connectivity index (χ1) is 13.9. The third kappa shape index (κ3) is 3.87. The van der Waals surface area contributed by atoms with Crippen molar-refractivity contribution in [2.45, 2.75) is 40.2 Å². The second-order valence-electron chi connectivity index (χ2n) is 7.94. The molecule has 0 spiro atoms. The van der Waals surface area contributed by atoms with Crippen molar-refractivity contribution in [1.29, 1.82) is 0 Å². The number of amides is 1. The number of anilines is 2. The summed E-state index contributed by atoms with van der Waals surface area (Å²) in [6.07, 6.45) is 5.50. The molecule has 3 heterocycles. The first kappa shape index (κ1) is 19.2. The fourth-order valence-electron chi connectivity index (χ4n) is 3.92. The van der Waals surface area contributed by atoms with Crippen molar-refractivity contribution in [3.8, 4) is 0 Å². The van der Waals surface area contributed by atoms with E-state index in [2.05, 4.69) is 27.2 Å². The van der Waals surface area contributed by atoms with Gasteiger partial charge in [-0.05, 0) is 44.2 Å². The van der Waals surface area contributed by atoms with Gasteiger partial charge in [0.1, 0.15) is 6.54 Å². The van der Waals surface area contributed by atoms with Gasteiger partial charge < -0.3 is 10.2 Å². The van der Waals surface area contributed by atoms with Crippen LogP contribution in [0.3, 0.4) is 0 Å². The molecule has 0 saturated carbocycles. The minimum Gasteiger partial charge on any atom is -0.353 e. The van der Waals surface area contributed by atoms with Crippen LogP contribution in [0.1, 0.15) is 30.9 Å². The highest BCUT2D eigenvalue weighted by Crippen LogP contribution is 2.23. The lowest BCUT2D eigenvalue weighted by Crippen LogP contribution is -2.35. The maximum Gasteiger partial charge on any atom is 0.350 e. The van der Waals surface area contributed by atoms with E-state index < -0.39 is 0 Å². The molecule has 4 rings (SSSR count). The number of nitrogens with one attached hydrogen (secondary N) is 1. The van der Waals surface area contributed by atoms with E-state index in [9.17, 15) is 9.59 Å². The van der Waals surface area contributed by atoms with Crippen molar-refractivity contribution < 1.29 is 4.79 Å². The summed E-state index contributed by atoms with van der Waals surface area (Å²) in [5.74, 6) is 0.983. The Morgan fingerprint density at radius 3 is 2.90 bits per heavy atom. The number of carbonyl (C=O) groups excluding carboxylic acids is 1. The average Bonchev–Trinajstić information content (AvgIpc) is 3.00. The summed E-state index contributed by atoms with van der Waals surface area (Å²) in [5.41, 5.74) is 2.99. The van der Waals surface area contributed by atoms with Gasteiger partial charge in [0, 0.05) is 31.2 Å². The molecule has 8 heteroatoms. The van der Waals surface area contributed by atoms with Crippen LogP contribution < -0.4 is 15.9 Å². The van der Waals surface area contributed by atoms with Crippen molar-refractivity contribution in [1.82, 2.24) is 19.2 Å². The Kier molecular flexibility index (Phi) is 5.08. The summed E-state index contributed by atoms with van der Waals surface area (Å²) in [6.45, 7) is 7.80. The molecule has 0 radical (unpaired) electrons. The van der Waals surface area contributed by atoms with Gasteiger partial charge in [-0.2, -0.15) is 0 Å².